The van der Waals surface area contributed by atoms with Gasteiger partial charge in [-0.25, -0.2) is 0 Å². The van der Waals surface area contributed by atoms with Crippen LogP contribution in [0.3, 0.4) is 0 Å². The topological polar surface area (TPSA) is 33.0 Å². The van der Waals surface area contributed by atoms with Gasteiger partial charge in [-0.2, -0.15) is 18.4 Å². The number of rotatable bonds is 2. The van der Waals surface area contributed by atoms with E-state index in [0.717, 1.165) is 30.3 Å². The monoisotopic (exact) mass is 331 g/mol. The van der Waals surface area contributed by atoms with E-state index in [-0.39, 0.29) is 11.1 Å². The zero-order valence-electron chi connectivity index (χ0n) is 11.2. The molecule has 23 heavy (non-hydrogen) atoms. The molecule has 0 unspecified atom stereocenters. The Morgan fingerprint density at radius 1 is 0.913 bits per heavy atom. The Labute approximate surface area is 126 Å². The lowest BCUT2D eigenvalue weighted by Crippen LogP contribution is -2.18. The maximum atomic E-state index is 13.0. The number of ether oxygens (including phenoxy) is 1. The van der Waals surface area contributed by atoms with Crippen molar-refractivity contribution >= 4 is 0 Å². The van der Waals surface area contributed by atoms with Crippen molar-refractivity contribution in [3.8, 4) is 22.9 Å². The molecule has 0 bridgehead atoms. The van der Waals surface area contributed by atoms with Gasteiger partial charge in [0.1, 0.15) is 11.8 Å². The third-order valence-electron chi connectivity index (χ3n) is 2.87. The van der Waals surface area contributed by atoms with Crippen LogP contribution in [0.15, 0.2) is 42.5 Å². The maximum Gasteiger partial charge on any atom is 0.573 e. The van der Waals surface area contributed by atoms with Crippen molar-refractivity contribution in [3.05, 3.63) is 53.6 Å². The summed E-state index contributed by atoms with van der Waals surface area (Å²) in [5.74, 6) is -0.852. The van der Waals surface area contributed by atoms with Crippen molar-refractivity contribution in [1.82, 2.24) is 0 Å². The molecule has 2 aromatic rings. The Kier molecular flexibility index (Phi) is 4.23. The van der Waals surface area contributed by atoms with E-state index in [1.807, 2.05) is 0 Å². The van der Waals surface area contributed by atoms with E-state index in [1.54, 1.807) is 0 Å². The molecule has 0 aliphatic heterocycles. The van der Waals surface area contributed by atoms with Gasteiger partial charge in [-0.05, 0) is 29.3 Å². The third-order valence-corrected chi connectivity index (χ3v) is 2.87. The second-order valence-electron chi connectivity index (χ2n) is 4.41. The van der Waals surface area contributed by atoms with E-state index < -0.39 is 29.4 Å². The molecule has 0 heterocycles. The summed E-state index contributed by atoms with van der Waals surface area (Å²) >= 11 is 0. The van der Waals surface area contributed by atoms with Gasteiger partial charge in [0.2, 0.25) is 0 Å². The molecule has 8 heteroatoms. The van der Waals surface area contributed by atoms with Gasteiger partial charge in [-0.3, -0.25) is 0 Å². The Morgan fingerprint density at radius 3 is 2.13 bits per heavy atom. The Hall–Kier alpha value is -2.69. The van der Waals surface area contributed by atoms with Gasteiger partial charge < -0.3 is 4.74 Å². The standard InChI is InChI=1S/C15H7F6NO/c16-14(17,18)12-4-2-1-3-11(12)9-5-6-10(8-22)13(7-9)23-15(19,20)21/h1-7H. The van der Waals surface area contributed by atoms with Crippen LogP contribution in [0.25, 0.3) is 11.1 Å². The van der Waals surface area contributed by atoms with Gasteiger partial charge in [0.05, 0.1) is 11.1 Å². The van der Waals surface area contributed by atoms with Crippen molar-refractivity contribution in [1.29, 1.82) is 5.26 Å². The van der Waals surface area contributed by atoms with E-state index >= 15 is 0 Å². The van der Waals surface area contributed by atoms with Gasteiger partial charge in [0.25, 0.3) is 0 Å². The molecule has 0 radical (unpaired) electrons. The molecule has 0 aliphatic carbocycles. The molecule has 0 aromatic heterocycles. The molecule has 0 saturated carbocycles. The van der Waals surface area contributed by atoms with Crippen LogP contribution in [0.2, 0.25) is 0 Å². The fourth-order valence-corrected chi connectivity index (χ4v) is 1.97. The Morgan fingerprint density at radius 2 is 1.57 bits per heavy atom. The average molecular weight is 331 g/mol. The molecule has 0 aliphatic rings. The van der Waals surface area contributed by atoms with Gasteiger partial charge in [0.15, 0.2) is 0 Å². The Bertz CT molecular complexity index is 758. The number of halogens is 6. The predicted octanol–water partition coefficient (Wildman–Crippen LogP) is 5.14. The molecule has 0 spiro atoms. The van der Waals surface area contributed by atoms with E-state index in [4.69, 9.17) is 5.26 Å². The smallest absolute Gasteiger partial charge is 0.404 e. The molecule has 2 rings (SSSR count). The van der Waals surface area contributed by atoms with E-state index in [0.29, 0.717) is 0 Å². The van der Waals surface area contributed by atoms with Crippen molar-refractivity contribution in [2.45, 2.75) is 12.5 Å². The first-order valence-corrected chi connectivity index (χ1v) is 6.08. The lowest BCUT2D eigenvalue weighted by molar-refractivity contribution is -0.274. The van der Waals surface area contributed by atoms with Crippen molar-refractivity contribution in [2.75, 3.05) is 0 Å². The minimum atomic E-state index is -5.06. The highest BCUT2D eigenvalue weighted by molar-refractivity contribution is 5.71. The molecule has 0 fully saturated rings. The van der Waals surface area contributed by atoms with Crippen LogP contribution in [0.5, 0.6) is 5.75 Å². The summed E-state index contributed by atoms with van der Waals surface area (Å²) < 4.78 is 79.7. The molecule has 0 N–H and O–H groups in total. The quantitative estimate of drug-likeness (QED) is 0.714. The first-order chi connectivity index (χ1) is 10.6. The average Bonchev–Trinajstić information content (AvgIpc) is 2.44. The first kappa shape index (κ1) is 16.7. The highest BCUT2D eigenvalue weighted by atomic mass is 19.4. The largest absolute Gasteiger partial charge is 0.573 e. The number of nitriles is 1. The van der Waals surface area contributed by atoms with E-state index in [2.05, 4.69) is 4.74 Å². The maximum absolute atomic E-state index is 13.0. The summed E-state index contributed by atoms with van der Waals surface area (Å²) in [6.45, 7) is 0. The highest BCUT2D eigenvalue weighted by Crippen LogP contribution is 2.38. The molecule has 2 aromatic carbocycles. The molecular formula is C15H7F6NO. The number of nitrogens with zero attached hydrogens (tertiary/aromatic N) is 1. The van der Waals surface area contributed by atoms with Crippen molar-refractivity contribution in [2.24, 2.45) is 0 Å². The van der Waals surface area contributed by atoms with Crippen LogP contribution in [0.1, 0.15) is 11.1 Å². The molecular weight excluding hydrogens is 324 g/mol. The summed E-state index contributed by atoms with van der Waals surface area (Å²) in [5.41, 5.74) is -1.88. The highest BCUT2D eigenvalue weighted by Gasteiger charge is 2.34. The summed E-state index contributed by atoms with van der Waals surface area (Å²) in [7, 11) is 0. The third kappa shape index (κ3) is 3.94. The van der Waals surface area contributed by atoms with E-state index in [1.165, 1.54) is 18.2 Å². The lowest BCUT2D eigenvalue weighted by Gasteiger charge is -2.15. The second-order valence-corrected chi connectivity index (χ2v) is 4.41. The number of hydrogen-bond donors (Lipinski definition) is 0. The Balaban J connectivity index is 2.59. The van der Waals surface area contributed by atoms with Crippen LogP contribution in [0.4, 0.5) is 26.3 Å². The number of alkyl halides is 6. The van der Waals surface area contributed by atoms with Gasteiger partial charge in [-0.15, -0.1) is 13.2 Å². The minimum absolute atomic E-state index is 0.142. The number of benzene rings is 2. The van der Waals surface area contributed by atoms with Crippen LogP contribution in [-0.4, -0.2) is 6.36 Å². The summed E-state index contributed by atoms with van der Waals surface area (Å²) in [4.78, 5) is 0. The summed E-state index contributed by atoms with van der Waals surface area (Å²) in [5, 5.41) is 8.78. The SMILES string of the molecule is N#Cc1ccc(-c2ccccc2C(F)(F)F)cc1OC(F)(F)F. The molecule has 120 valence electrons. The van der Waals surface area contributed by atoms with Crippen LogP contribution >= 0.6 is 0 Å². The molecule has 0 atom stereocenters. The van der Waals surface area contributed by atoms with Crippen LogP contribution in [0, 0.1) is 11.3 Å². The first-order valence-electron chi connectivity index (χ1n) is 6.08. The number of hydrogen-bond acceptors (Lipinski definition) is 2. The molecule has 0 amide bonds. The fraction of sp³-hybridized carbons (Fsp3) is 0.133. The normalized spacial score (nSPS) is 11.9. The molecule has 2 nitrogen and oxygen atoms in total. The minimum Gasteiger partial charge on any atom is -0.404 e. The van der Waals surface area contributed by atoms with Crippen LogP contribution in [-0.2, 0) is 6.18 Å². The van der Waals surface area contributed by atoms with Gasteiger partial charge >= 0.3 is 12.5 Å². The molecule has 0 saturated heterocycles. The zero-order valence-corrected chi connectivity index (χ0v) is 11.2. The van der Waals surface area contributed by atoms with Crippen molar-refractivity contribution < 1.29 is 31.1 Å². The summed E-state index contributed by atoms with van der Waals surface area (Å²) in [6.07, 6.45) is -9.73. The van der Waals surface area contributed by atoms with E-state index in [9.17, 15) is 26.3 Å². The summed E-state index contributed by atoms with van der Waals surface area (Å²) in [6, 6.07) is 8.80. The fourth-order valence-electron chi connectivity index (χ4n) is 1.97. The predicted molar refractivity (Wildman–Crippen MR) is 68.3 cm³/mol. The van der Waals surface area contributed by atoms with Crippen LogP contribution < -0.4 is 4.74 Å². The zero-order chi connectivity index (χ0) is 17.3. The van der Waals surface area contributed by atoms with Crippen molar-refractivity contribution in [3.63, 3.8) is 0 Å². The van der Waals surface area contributed by atoms with Gasteiger partial charge in [-0.1, -0.05) is 24.3 Å². The second kappa shape index (κ2) is 5.83. The van der Waals surface area contributed by atoms with Gasteiger partial charge in [0, 0.05) is 0 Å². The lowest BCUT2D eigenvalue weighted by atomic mass is 9.98.